The van der Waals surface area contributed by atoms with Gasteiger partial charge in [0, 0.05) is 12.2 Å². The zero-order chi connectivity index (χ0) is 13.8. The molecule has 1 aromatic carbocycles. The van der Waals surface area contributed by atoms with Crippen molar-refractivity contribution in [1.29, 1.82) is 0 Å². The van der Waals surface area contributed by atoms with Crippen molar-refractivity contribution in [1.82, 2.24) is 9.55 Å². The van der Waals surface area contributed by atoms with E-state index in [2.05, 4.69) is 54.6 Å². The van der Waals surface area contributed by atoms with Crippen LogP contribution in [0.25, 0.3) is 11.3 Å². The van der Waals surface area contributed by atoms with Crippen molar-refractivity contribution in [2.24, 2.45) is 5.92 Å². The molecule has 0 fully saturated rings. The van der Waals surface area contributed by atoms with Crippen LogP contribution >= 0.6 is 12.2 Å². The van der Waals surface area contributed by atoms with Crippen LogP contribution in [0.1, 0.15) is 39.7 Å². The number of rotatable bonds is 5. The van der Waals surface area contributed by atoms with Gasteiger partial charge in [0.05, 0.1) is 5.69 Å². The normalized spacial score (nSPS) is 12.8. The second-order valence-corrected chi connectivity index (χ2v) is 5.42. The molecular formula is C16H22N2S. The fourth-order valence-electron chi connectivity index (χ4n) is 2.80. The van der Waals surface area contributed by atoms with Crippen LogP contribution in [0.4, 0.5) is 0 Å². The van der Waals surface area contributed by atoms with E-state index in [0.717, 1.165) is 4.77 Å². The highest BCUT2D eigenvalue weighted by Gasteiger charge is 2.19. The average molecular weight is 274 g/mol. The Morgan fingerprint density at radius 1 is 1.16 bits per heavy atom. The minimum absolute atomic E-state index is 0.420. The summed E-state index contributed by atoms with van der Waals surface area (Å²) in [6, 6.07) is 10.9. The van der Waals surface area contributed by atoms with E-state index in [0.29, 0.717) is 12.0 Å². The van der Waals surface area contributed by atoms with Crippen LogP contribution in [0.2, 0.25) is 0 Å². The second-order valence-electron chi connectivity index (χ2n) is 5.03. The van der Waals surface area contributed by atoms with Crippen LogP contribution in [-0.2, 0) is 0 Å². The third kappa shape index (κ3) is 2.81. The maximum atomic E-state index is 5.47. The number of nitrogens with one attached hydrogen (secondary N) is 1. The Hall–Kier alpha value is -1.35. The van der Waals surface area contributed by atoms with Gasteiger partial charge in [-0.05, 0) is 30.6 Å². The molecule has 102 valence electrons. The van der Waals surface area contributed by atoms with E-state index < -0.39 is 0 Å². The summed E-state index contributed by atoms with van der Waals surface area (Å²) in [7, 11) is 0. The Morgan fingerprint density at radius 3 is 2.37 bits per heavy atom. The lowest BCUT2D eigenvalue weighted by molar-refractivity contribution is 0.333. The second kappa shape index (κ2) is 6.20. The van der Waals surface area contributed by atoms with Crippen LogP contribution in [0, 0.1) is 10.7 Å². The largest absolute Gasteiger partial charge is 0.337 e. The van der Waals surface area contributed by atoms with E-state index in [1.54, 1.807) is 0 Å². The summed E-state index contributed by atoms with van der Waals surface area (Å²) in [5.74, 6) is 0.657. The van der Waals surface area contributed by atoms with Crippen molar-refractivity contribution in [2.75, 3.05) is 0 Å². The number of imidazole rings is 1. The first-order valence-corrected chi connectivity index (χ1v) is 7.45. The van der Waals surface area contributed by atoms with Gasteiger partial charge in [-0.1, -0.05) is 57.0 Å². The lowest BCUT2D eigenvalue weighted by Gasteiger charge is -2.24. The Labute approximate surface area is 120 Å². The molecule has 19 heavy (non-hydrogen) atoms. The molecule has 0 saturated heterocycles. The average Bonchev–Trinajstić information content (AvgIpc) is 2.83. The van der Waals surface area contributed by atoms with Gasteiger partial charge in [-0.25, -0.2) is 0 Å². The minimum Gasteiger partial charge on any atom is -0.337 e. The smallest absolute Gasteiger partial charge is 0.177 e. The minimum atomic E-state index is 0.420. The fraction of sp³-hybridized carbons (Fsp3) is 0.438. The highest BCUT2D eigenvalue weighted by molar-refractivity contribution is 7.71. The Bertz CT molecular complexity index is 564. The Balaban J connectivity index is 2.47. The van der Waals surface area contributed by atoms with Crippen LogP contribution < -0.4 is 0 Å². The number of aromatic amines is 1. The molecular weight excluding hydrogens is 252 g/mol. The standard InChI is InChI=1S/C16H22N2S/c1-4-13(5-2)12(3)18-15(11-17-16(18)19)14-9-7-6-8-10-14/h6-13H,4-5H2,1-3H3,(H,17,19). The summed E-state index contributed by atoms with van der Waals surface area (Å²) in [6.45, 7) is 6.78. The van der Waals surface area contributed by atoms with Gasteiger partial charge < -0.3 is 9.55 Å². The van der Waals surface area contributed by atoms with E-state index in [9.17, 15) is 0 Å². The Kier molecular flexibility index (Phi) is 4.59. The topological polar surface area (TPSA) is 20.7 Å². The number of aromatic nitrogens is 2. The van der Waals surface area contributed by atoms with Crippen LogP contribution in [0.15, 0.2) is 36.5 Å². The molecule has 0 aliphatic carbocycles. The first kappa shape index (κ1) is 14.1. The van der Waals surface area contributed by atoms with Gasteiger partial charge in [-0.3, -0.25) is 0 Å². The van der Waals surface area contributed by atoms with Crippen LogP contribution in [0.3, 0.4) is 0 Å². The molecule has 0 aliphatic heterocycles. The van der Waals surface area contributed by atoms with Gasteiger partial charge in [0.1, 0.15) is 0 Å². The fourth-order valence-corrected chi connectivity index (χ4v) is 3.12. The predicted octanol–water partition coefficient (Wildman–Crippen LogP) is 5.21. The zero-order valence-corrected chi connectivity index (χ0v) is 12.7. The molecule has 0 amide bonds. The number of hydrogen-bond acceptors (Lipinski definition) is 1. The molecule has 1 atom stereocenters. The molecule has 2 rings (SSSR count). The maximum Gasteiger partial charge on any atom is 0.177 e. The third-order valence-electron chi connectivity index (χ3n) is 4.02. The predicted molar refractivity (Wildman–Crippen MR) is 83.8 cm³/mol. The lowest BCUT2D eigenvalue weighted by atomic mass is 9.95. The molecule has 1 aromatic heterocycles. The maximum absolute atomic E-state index is 5.47. The van der Waals surface area contributed by atoms with Gasteiger partial charge in [0.25, 0.3) is 0 Å². The molecule has 0 saturated carbocycles. The van der Waals surface area contributed by atoms with E-state index >= 15 is 0 Å². The summed E-state index contributed by atoms with van der Waals surface area (Å²) in [4.78, 5) is 3.20. The quantitative estimate of drug-likeness (QED) is 0.742. The number of nitrogens with zero attached hydrogens (tertiary/aromatic N) is 1. The molecule has 2 aromatic rings. The highest BCUT2D eigenvalue weighted by atomic mass is 32.1. The molecule has 1 heterocycles. The molecule has 1 N–H and O–H groups in total. The van der Waals surface area contributed by atoms with Gasteiger partial charge in [0.2, 0.25) is 0 Å². The molecule has 3 heteroatoms. The highest BCUT2D eigenvalue weighted by Crippen LogP contribution is 2.30. The van der Waals surface area contributed by atoms with Gasteiger partial charge >= 0.3 is 0 Å². The van der Waals surface area contributed by atoms with Crippen molar-refractivity contribution in [3.8, 4) is 11.3 Å². The summed E-state index contributed by atoms with van der Waals surface area (Å²) in [6.07, 6.45) is 4.38. The number of benzene rings is 1. The van der Waals surface area contributed by atoms with E-state index in [-0.39, 0.29) is 0 Å². The van der Waals surface area contributed by atoms with Gasteiger partial charge in [-0.15, -0.1) is 0 Å². The summed E-state index contributed by atoms with van der Waals surface area (Å²) in [5.41, 5.74) is 2.40. The summed E-state index contributed by atoms with van der Waals surface area (Å²) < 4.78 is 3.08. The number of hydrogen-bond donors (Lipinski definition) is 1. The summed E-state index contributed by atoms with van der Waals surface area (Å²) >= 11 is 5.47. The first-order valence-electron chi connectivity index (χ1n) is 7.04. The van der Waals surface area contributed by atoms with Crippen molar-refractivity contribution in [2.45, 2.75) is 39.7 Å². The first-order chi connectivity index (χ1) is 9.19. The molecule has 2 nitrogen and oxygen atoms in total. The van der Waals surface area contributed by atoms with Crippen LogP contribution in [-0.4, -0.2) is 9.55 Å². The molecule has 0 radical (unpaired) electrons. The Morgan fingerprint density at radius 2 is 1.79 bits per heavy atom. The monoisotopic (exact) mass is 274 g/mol. The summed E-state index contributed by atoms with van der Waals surface area (Å²) in [5, 5.41) is 0. The van der Waals surface area contributed by atoms with Crippen molar-refractivity contribution >= 4 is 12.2 Å². The lowest BCUT2D eigenvalue weighted by Crippen LogP contribution is -2.16. The van der Waals surface area contributed by atoms with Gasteiger partial charge in [-0.2, -0.15) is 0 Å². The van der Waals surface area contributed by atoms with Crippen molar-refractivity contribution in [3.63, 3.8) is 0 Å². The van der Waals surface area contributed by atoms with Crippen molar-refractivity contribution in [3.05, 3.63) is 41.3 Å². The van der Waals surface area contributed by atoms with Gasteiger partial charge in [0.15, 0.2) is 4.77 Å². The van der Waals surface area contributed by atoms with Crippen molar-refractivity contribution < 1.29 is 0 Å². The third-order valence-corrected chi connectivity index (χ3v) is 4.33. The molecule has 1 unspecified atom stereocenters. The van der Waals surface area contributed by atoms with E-state index in [1.165, 1.54) is 24.1 Å². The molecule has 0 aliphatic rings. The zero-order valence-electron chi connectivity index (χ0n) is 11.9. The van der Waals surface area contributed by atoms with Crippen LogP contribution in [0.5, 0.6) is 0 Å². The molecule has 0 spiro atoms. The SMILES string of the molecule is CCC(CC)C(C)n1c(-c2ccccc2)c[nH]c1=S. The number of H-pyrrole nitrogens is 1. The van der Waals surface area contributed by atoms with E-state index in [4.69, 9.17) is 12.2 Å². The molecule has 0 bridgehead atoms. The van der Waals surface area contributed by atoms with E-state index in [1.807, 2.05) is 12.3 Å².